The number of ether oxygens (including phenoxy) is 2. The van der Waals surface area contributed by atoms with E-state index in [1.54, 1.807) is 10.6 Å². The van der Waals surface area contributed by atoms with Crippen molar-refractivity contribution in [1.29, 1.82) is 0 Å². The predicted octanol–water partition coefficient (Wildman–Crippen LogP) is 18.6. The maximum absolute atomic E-state index is 10.0. The van der Waals surface area contributed by atoms with Crippen LogP contribution >= 0.6 is 0 Å². The number of hydrogen-bond acceptors (Lipinski definition) is 5. The van der Waals surface area contributed by atoms with Gasteiger partial charge in [0.2, 0.25) is 0 Å². The molecule has 14 rings (SSSR count). The third-order valence-corrected chi connectivity index (χ3v) is 14.1. The summed E-state index contributed by atoms with van der Waals surface area (Å²) >= 11 is 0. The molecule has 0 radical (unpaired) electrons. The fourth-order valence-electron chi connectivity index (χ4n) is 10.5. The van der Waals surface area contributed by atoms with E-state index in [2.05, 4.69) is 136 Å². The van der Waals surface area contributed by atoms with Crippen LogP contribution in [0, 0.1) is 0 Å². The Morgan fingerprint density at radius 3 is 1.80 bits per heavy atom. The van der Waals surface area contributed by atoms with Crippen LogP contribution in [0.5, 0.6) is 23.0 Å². The molecule has 0 fully saturated rings. The van der Waals surface area contributed by atoms with Crippen LogP contribution in [0.25, 0.3) is 72.1 Å². The molecule has 0 spiro atoms. The van der Waals surface area contributed by atoms with Crippen molar-refractivity contribution in [1.82, 2.24) is 9.55 Å². The molecule has 5 heterocycles. The smallest absolute Gasteiger partial charge is 0.137 e. The first-order valence-electron chi connectivity index (χ1n) is 29.0. The summed E-state index contributed by atoms with van der Waals surface area (Å²) in [7, 11) is 0. The number of rotatable bonds is 2. The van der Waals surface area contributed by atoms with Gasteiger partial charge in [0.15, 0.2) is 0 Å². The molecular weight excluding hydrogens is 905 g/mol. The van der Waals surface area contributed by atoms with Crippen molar-refractivity contribution in [2.24, 2.45) is 0 Å². The van der Waals surface area contributed by atoms with E-state index in [1.165, 1.54) is 5.56 Å². The Morgan fingerprint density at radius 1 is 0.473 bits per heavy atom. The van der Waals surface area contributed by atoms with Crippen LogP contribution in [0.4, 0.5) is 22.7 Å². The van der Waals surface area contributed by atoms with E-state index in [1.807, 2.05) is 79.0 Å². The standard InChI is InChI=1S/C68H56N4O2/c1-67(2,3)49-37-57(45-20-11-8-12-21-45)66-58(38-49)47-22-15-25-51(34-47)73-52-26-16-23-48(35-52)59-42-69-65(41-60(59)68(4,5)6)72-63-36-46(44-18-9-7-10-19-44)30-32-55(63)56-33-31-54(40-64(56)72)74-53-27-17-24-50(39-53)70-43-71(66)62-29-14-13-28-61(62)70/h7-42H,43H2,1-6H3/i7D,9D,10D,18D,19D,30D,32D,36D. The molecule has 11 aromatic rings. The lowest BCUT2D eigenvalue weighted by atomic mass is 9.82. The highest BCUT2D eigenvalue weighted by molar-refractivity contribution is 6.10. The van der Waals surface area contributed by atoms with E-state index in [0.717, 1.165) is 61.7 Å². The van der Waals surface area contributed by atoms with Gasteiger partial charge in [-0.1, -0.05) is 157 Å². The molecule has 3 aliphatic rings. The van der Waals surface area contributed by atoms with Gasteiger partial charge in [0.25, 0.3) is 0 Å². The number of aromatic nitrogens is 2. The molecule has 0 aliphatic carbocycles. The first-order valence-corrected chi connectivity index (χ1v) is 25.0. The summed E-state index contributed by atoms with van der Waals surface area (Å²) in [5, 5.41) is 0.806. The van der Waals surface area contributed by atoms with Crippen LogP contribution in [0.15, 0.2) is 218 Å². The molecule has 12 bridgehead atoms. The monoisotopic (exact) mass is 968 g/mol. The third-order valence-electron chi connectivity index (χ3n) is 14.1. The summed E-state index contributed by atoms with van der Waals surface area (Å²) in [6, 6.07) is 51.5. The second kappa shape index (κ2) is 17.4. The van der Waals surface area contributed by atoms with Gasteiger partial charge >= 0.3 is 0 Å². The largest absolute Gasteiger partial charge is 0.457 e. The zero-order valence-electron chi connectivity index (χ0n) is 50.0. The maximum atomic E-state index is 10.0. The first-order chi connectivity index (χ1) is 39.2. The highest BCUT2D eigenvalue weighted by Gasteiger charge is 2.33. The summed E-state index contributed by atoms with van der Waals surface area (Å²) in [4.78, 5) is 9.87. The van der Waals surface area contributed by atoms with Gasteiger partial charge in [0, 0.05) is 51.5 Å². The molecule has 0 unspecified atom stereocenters. The van der Waals surface area contributed by atoms with Crippen LogP contribution in [0.2, 0.25) is 0 Å². The number of nitrogens with zero attached hydrogens (tertiary/aromatic N) is 4. The van der Waals surface area contributed by atoms with E-state index in [-0.39, 0.29) is 39.5 Å². The lowest BCUT2D eigenvalue weighted by Gasteiger charge is -2.30. The fraction of sp³-hybridized carbons (Fsp3) is 0.132. The molecule has 0 atom stereocenters. The average molecular weight is 969 g/mol. The number of fused-ring (bicyclic) bond motifs is 5. The normalized spacial score (nSPS) is 14.6. The van der Waals surface area contributed by atoms with Crippen LogP contribution in [-0.2, 0) is 10.8 Å². The molecule has 360 valence electrons. The molecule has 6 heteroatoms. The zero-order valence-corrected chi connectivity index (χ0v) is 42.0. The van der Waals surface area contributed by atoms with Crippen molar-refractivity contribution >= 4 is 44.6 Å². The molecule has 2 aromatic heterocycles. The number of benzene rings is 9. The lowest BCUT2D eigenvalue weighted by Crippen LogP contribution is -2.25. The van der Waals surface area contributed by atoms with Crippen molar-refractivity contribution in [2.75, 3.05) is 16.5 Å². The van der Waals surface area contributed by atoms with E-state index < -0.39 is 41.7 Å². The van der Waals surface area contributed by atoms with Gasteiger partial charge in [0.1, 0.15) is 35.5 Å². The van der Waals surface area contributed by atoms with Gasteiger partial charge in [0.05, 0.1) is 39.1 Å². The van der Waals surface area contributed by atoms with Gasteiger partial charge < -0.3 is 19.3 Å². The maximum Gasteiger partial charge on any atom is 0.137 e. The molecule has 0 amide bonds. The molecule has 6 nitrogen and oxygen atoms in total. The average Bonchev–Trinajstić information content (AvgIpc) is 4.14. The Hall–Kier alpha value is -8.87. The van der Waals surface area contributed by atoms with E-state index in [4.69, 9.17) is 21.3 Å². The quantitative estimate of drug-likeness (QED) is 0.173. The minimum absolute atomic E-state index is 0.181. The Morgan fingerprint density at radius 2 is 1.09 bits per heavy atom. The van der Waals surface area contributed by atoms with Gasteiger partial charge in [-0.3, -0.25) is 4.57 Å². The number of hydrogen-bond donors (Lipinski definition) is 0. The molecule has 0 saturated heterocycles. The van der Waals surface area contributed by atoms with E-state index in [0.29, 0.717) is 46.4 Å². The van der Waals surface area contributed by atoms with Gasteiger partial charge in [-0.15, -0.1) is 0 Å². The van der Waals surface area contributed by atoms with Crippen LogP contribution in [0.3, 0.4) is 0 Å². The van der Waals surface area contributed by atoms with Gasteiger partial charge in [-0.25, -0.2) is 4.98 Å². The minimum atomic E-state index is -0.602. The number of anilines is 4. The summed E-state index contributed by atoms with van der Waals surface area (Å²) < 4.78 is 87.9. The van der Waals surface area contributed by atoms with Crippen LogP contribution in [-0.4, -0.2) is 16.2 Å². The molecule has 9 aromatic carbocycles. The highest BCUT2D eigenvalue weighted by Crippen LogP contribution is 2.52. The van der Waals surface area contributed by atoms with Gasteiger partial charge in [-0.2, -0.15) is 0 Å². The Balaban J connectivity index is 1.08. The Bertz CT molecular complexity index is 4440. The van der Waals surface area contributed by atoms with Crippen molar-refractivity contribution < 1.29 is 20.4 Å². The minimum Gasteiger partial charge on any atom is -0.457 e. The Kier molecular flexibility index (Phi) is 8.70. The molecule has 74 heavy (non-hydrogen) atoms. The van der Waals surface area contributed by atoms with Crippen LogP contribution in [0.1, 0.15) is 63.6 Å². The Labute approximate surface area is 444 Å². The zero-order chi connectivity index (χ0) is 57.3. The molecular formula is C68H56N4O2. The van der Waals surface area contributed by atoms with Crippen molar-refractivity contribution in [3.05, 3.63) is 229 Å². The van der Waals surface area contributed by atoms with Crippen LogP contribution < -0.4 is 19.3 Å². The lowest BCUT2D eigenvalue weighted by molar-refractivity contribution is 0.483. The summed E-state index contributed by atoms with van der Waals surface area (Å²) in [5.41, 5.74) is 11.5. The molecule has 0 saturated carbocycles. The molecule has 3 aliphatic heterocycles. The summed E-state index contributed by atoms with van der Waals surface area (Å²) in [5.74, 6) is 2.68. The van der Waals surface area contributed by atoms with Crippen molar-refractivity contribution in [3.8, 4) is 73.3 Å². The van der Waals surface area contributed by atoms with Crippen molar-refractivity contribution in [3.63, 3.8) is 0 Å². The second-order valence-electron chi connectivity index (χ2n) is 21.1. The fourth-order valence-corrected chi connectivity index (χ4v) is 10.5. The number of pyridine rings is 1. The van der Waals surface area contributed by atoms with Crippen molar-refractivity contribution in [2.45, 2.75) is 52.4 Å². The summed E-state index contributed by atoms with van der Waals surface area (Å²) in [6.07, 6.45) is 1.81. The van der Waals surface area contributed by atoms with E-state index >= 15 is 0 Å². The third kappa shape index (κ3) is 7.95. The second-order valence-corrected chi connectivity index (χ2v) is 21.1. The summed E-state index contributed by atoms with van der Waals surface area (Å²) in [6.45, 7) is 13.6. The highest BCUT2D eigenvalue weighted by atomic mass is 16.5. The topological polar surface area (TPSA) is 42.8 Å². The van der Waals surface area contributed by atoms with E-state index in [9.17, 15) is 4.11 Å². The number of para-hydroxylation sites is 2. The SMILES string of the molecule is [2H]c1c([2H])c([2H])c(-c2c([2H])c([2H])c3c4ccc5cc4n(c3c2[2H])-c2cc(C(C)(C)C)c(cn2)-c2cccc(c2)Oc2cccc(c2)-c2cc(C(C)(C)C)cc(-c3ccccc3)c2N2CN(c3cccc(c3)O5)c3ccccc32)c([2H])c1[2H]. The molecule has 0 N–H and O–H groups in total. The first kappa shape index (κ1) is 37.0. The predicted molar refractivity (Wildman–Crippen MR) is 306 cm³/mol. The van der Waals surface area contributed by atoms with Gasteiger partial charge in [-0.05, 0) is 135 Å².